The lowest BCUT2D eigenvalue weighted by Crippen LogP contribution is -2.17. The van der Waals surface area contributed by atoms with Crippen molar-refractivity contribution in [2.45, 2.75) is 6.36 Å². The van der Waals surface area contributed by atoms with Crippen LogP contribution in [-0.2, 0) is 0 Å². The molecule has 2 aromatic carbocycles. The highest BCUT2D eigenvalue weighted by molar-refractivity contribution is 5.76. The van der Waals surface area contributed by atoms with Crippen molar-refractivity contribution < 1.29 is 44.8 Å². The fraction of sp³-hybridized carbons (Fsp3) is 0.0769. The number of nitro groups is 1. The third-order valence-corrected chi connectivity index (χ3v) is 2.88. The fourth-order valence-electron chi connectivity index (χ4n) is 1.91. The molecule has 0 atom stereocenters. The molecule has 0 aromatic heterocycles. The van der Waals surface area contributed by atoms with Crippen LogP contribution in [0.2, 0.25) is 0 Å². The Morgan fingerprint density at radius 3 is 1.80 bits per heavy atom. The van der Waals surface area contributed by atoms with Crippen molar-refractivity contribution in [2.75, 3.05) is 0 Å². The largest absolute Gasteiger partial charge is 0.573 e. The molecule has 0 heterocycles. The van der Waals surface area contributed by atoms with Gasteiger partial charge in [0.05, 0.1) is 16.1 Å². The highest BCUT2D eigenvalue weighted by Gasteiger charge is 2.34. The van der Waals surface area contributed by atoms with Crippen LogP contribution in [0.1, 0.15) is 0 Å². The van der Waals surface area contributed by atoms with Gasteiger partial charge in [0.15, 0.2) is 23.3 Å². The number of hydrogen-bond donors (Lipinski definition) is 0. The van der Waals surface area contributed by atoms with Gasteiger partial charge in [0.25, 0.3) is 5.69 Å². The molecule has 0 radical (unpaired) electrons. The highest BCUT2D eigenvalue weighted by atomic mass is 19.4. The van der Waals surface area contributed by atoms with Crippen LogP contribution in [0.5, 0.6) is 5.75 Å². The van der Waals surface area contributed by atoms with Crippen LogP contribution < -0.4 is 4.74 Å². The van der Waals surface area contributed by atoms with E-state index in [-0.39, 0.29) is 6.07 Å². The quantitative estimate of drug-likeness (QED) is 0.254. The molecule has 0 spiro atoms. The minimum Gasteiger partial charge on any atom is -0.406 e. The monoisotopic (exact) mass is 373 g/mol. The van der Waals surface area contributed by atoms with Crippen LogP contribution in [0, 0.1) is 39.2 Å². The number of halogens is 8. The molecular weight excluding hydrogens is 370 g/mol. The number of nitrogens with zero attached hydrogens (tertiary/aromatic N) is 1. The molecule has 2 aromatic rings. The predicted octanol–water partition coefficient (Wildman–Crippen LogP) is 4.86. The van der Waals surface area contributed by atoms with Gasteiger partial charge in [0.1, 0.15) is 5.75 Å². The maximum atomic E-state index is 13.8. The molecule has 0 amide bonds. The summed E-state index contributed by atoms with van der Waals surface area (Å²) in [5.74, 6) is -13.4. The van der Waals surface area contributed by atoms with Crippen molar-refractivity contribution in [2.24, 2.45) is 0 Å². The van der Waals surface area contributed by atoms with Crippen molar-refractivity contribution in [3.8, 4) is 16.9 Å². The third-order valence-electron chi connectivity index (χ3n) is 2.88. The molecule has 0 N–H and O–H groups in total. The fourth-order valence-corrected chi connectivity index (χ4v) is 1.91. The first kappa shape index (κ1) is 18.4. The smallest absolute Gasteiger partial charge is 0.406 e. The van der Waals surface area contributed by atoms with Gasteiger partial charge in [-0.3, -0.25) is 10.1 Å². The van der Waals surface area contributed by atoms with Gasteiger partial charge >= 0.3 is 6.36 Å². The second kappa shape index (κ2) is 6.18. The molecule has 0 fully saturated rings. The molecule has 0 bridgehead atoms. The summed E-state index contributed by atoms with van der Waals surface area (Å²) < 4.78 is 107. The number of rotatable bonds is 3. The van der Waals surface area contributed by atoms with Crippen LogP contribution in [0.15, 0.2) is 18.2 Å². The Kier molecular flexibility index (Phi) is 4.55. The average Bonchev–Trinajstić information content (AvgIpc) is 2.49. The normalized spacial score (nSPS) is 11.5. The maximum Gasteiger partial charge on any atom is 0.573 e. The van der Waals surface area contributed by atoms with E-state index in [4.69, 9.17) is 0 Å². The molecule has 0 aliphatic rings. The molecule has 134 valence electrons. The first-order valence-corrected chi connectivity index (χ1v) is 6.00. The number of benzene rings is 2. The van der Waals surface area contributed by atoms with Gasteiger partial charge < -0.3 is 4.74 Å². The van der Waals surface area contributed by atoms with E-state index in [9.17, 15) is 45.2 Å². The molecular formula is C13H3F8NO3. The molecule has 0 aliphatic carbocycles. The zero-order valence-corrected chi connectivity index (χ0v) is 11.4. The Labute approximate surface area is 132 Å². The van der Waals surface area contributed by atoms with Gasteiger partial charge in [0.2, 0.25) is 5.82 Å². The van der Waals surface area contributed by atoms with Crippen molar-refractivity contribution in [3.63, 3.8) is 0 Å². The summed E-state index contributed by atoms with van der Waals surface area (Å²) in [5, 5.41) is 10.9. The van der Waals surface area contributed by atoms with E-state index >= 15 is 0 Å². The zero-order valence-electron chi connectivity index (χ0n) is 11.4. The summed E-state index contributed by atoms with van der Waals surface area (Å²) in [4.78, 5) is 9.61. The number of nitro benzene ring substituents is 1. The van der Waals surface area contributed by atoms with Crippen LogP contribution in [0.3, 0.4) is 0 Å². The van der Waals surface area contributed by atoms with Crippen molar-refractivity contribution >= 4 is 5.69 Å². The van der Waals surface area contributed by atoms with Crippen molar-refractivity contribution in [1.82, 2.24) is 0 Å². The zero-order chi connectivity index (χ0) is 19.1. The lowest BCUT2D eigenvalue weighted by atomic mass is 10.0. The molecule has 0 saturated carbocycles. The summed E-state index contributed by atoms with van der Waals surface area (Å²) >= 11 is 0. The summed E-state index contributed by atoms with van der Waals surface area (Å²) in [5.41, 5.74) is -4.23. The predicted molar refractivity (Wildman–Crippen MR) is 65.0 cm³/mol. The molecule has 2 rings (SSSR count). The molecule has 0 saturated heterocycles. The summed E-state index contributed by atoms with van der Waals surface area (Å²) in [6, 6.07) is 0.958. The highest BCUT2D eigenvalue weighted by Crippen LogP contribution is 2.39. The molecule has 12 heteroatoms. The van der Waals surface area contributed by atoms with Crippen LogP contribution in [-0.4, -0.2) is 11.3 Å². The van der Waals surface area contributed by atoms with Crippen LogP contribution in [0.4, 0.5) is 40.8 Å². The van der Waals surface area contributed by atoms with Gasteiger partial charge in [-0.1, -0.05) is 0 Å². The second-order valence-corrected chi connectivity index (χ2v) is 4.43. The van der Waals surface area contributed by atoms with E-state index in [1.54, 1.807) is 0 Å². The number of ether oxygens (including phenoxy) is 1. The minimum atomic E-state index is -5.26. The Morgan fingerprint density at radius 1 is 0.880 bits per heavy atom. The van der Waals surface area contributed by atoms with Gasteiger partial charge in [-0.05, 0) is 12.1 Å². The van der Waals surface area contributed by atoms with E-state index in [2.05, 4.69) is 4.74 Å². The van der Waals surface area contributed by atoms with Crippen LogP contribution >= 0.6 is 0 Å². The third kappa shape index (κ3) is 3.46. The van der Waals surface area contributed by atoms with Crippen molar-refractivity contribution in [1.29, 1.82) is 0 Å². The Hall–Kier alpha value is -2.92. The van der Waals surface area contributed by atoms with Gasteiger partial charge in [0, 0.05) is 6.07 Å². The van der Waals surface area contributed by atoms with E-state index < -0.39 is 62.9 Å². The summed E-state index contributed by atoms with van der Waals surface area (Å²) in [7, 11) is 0. The maximum absolute atomic E-state index is 13.8. The van der Waals surface area contributed by atoms with Gasteiger partial charge in [-0.15, -0.1) is 13.2 Å². The average molecular weight is 373 g/mol. The van der Waals surface area contributed by atoms with E-state index in [0.29, 0.717) is 12.1 Å². The summed E-state index contributed by atoms with van der Waals surface area (Å²) in [6.07, 6.45) is -5.26. The first-order chi connectivity index (χ1) is 11.4. The molecule has 0 unspecified atom stereocenters. The van der Waals surface area contributed by atoms with E-state index in [1.165, 1.54) is 0 Å². The molecule has 4 nitrogen and oxygen atoms in total. The minimum absolute atomic E-state index is 0.143. The van der Waals surface area contributed by atoms with Crippen molar-refractivity contribution in [3.05, 3.63) is 57.4 Å². The number of hydrogen-bond acceptors (Lipinski definition) is 3. The van der Waals surface area contributed by atoms with E-state index in [0.717, 1.165) is 0 Å². The topological polar surface area (TPSA) is 52.4 Å². The number of alkyl halides is 3. The van der Waals surface area contributed by atoms with Gasteiger partial charge in [-0.2, -0.15) is 0 Å². The molecule has 25 heavy (non-hydrogen) atoms. The second-order valence-electron chi connectivity index (χ2n) is 4.43. The Morgan fingerprint density at radius 2 is 1.36 bits per heavy atom. The van der Waals surface area contributed by atoms with Gasteiger partial charge in [-0.25, -0.2) is 22.0 Å². The Bertz CT molecular complexity index is 836. The standard InChI is InChI=1S/C13H3F8NO3/c14-8-7(9(15)11(17)12(18)10(8)16)5-3-4(25-13(19,20)21)1-2-6(5)22(23)24/h1-3H. The summed E-state index contributed by atoms with van der Waals surface area (Å²) in [6.45, 7) is 0. The molecule has 0 aliphatic heterocycles. The lowest BCUT2D eigenvalue weighted by Gasteiger charge is -2.12. The van der Waals surface area contributed by atoms with Crippen LogP contribution in [0.25, 0.3) is 11.1 Å². The van der Waals surface area contributed by atoms with E-state index in [1.807, 2.05) is 0 Å². The first-order valence-electron chi connectivity index (χ1n) is 6.00. The SMILES string of the molecule is O=[N+]([O-])c1ccc(OC(F)(F)F)cc1-c1c(F)c(F)c(F)c(F)c1F. The Balaban J connectivity index is 2.81. The lowest BCUT2D eigenvalue weighted by molar-refractivity contribution is -0.384.